The van der Waals surface area contributed by atoms with Gasteiger partial charge < -0.3 is 4.90 Å². The van der Waals surface area contributed by atoms with Crippen molar-refractivity contribution in [1.82, 2.24) is 5.32 Å². The summed E-state index contributed by atoms with van der Waals surface area (Å²) < 4.78 is 0. The van der Waals surface area contributed by atoms with E-state index in [9.17, 15) is 5.26 Å². The van der Waals surface area contributed by atoms with Crippen LogP contribution in [0.3, 0.4) is 0 Å². The summed E-state index contributed by atoms with van der Waals surface area (Å²) in [5.41, 5.74) is 2.16. The maximum atomic E-state index is 9.49. The molecule has 0 heterocycles. The molecule has 0 radical (unpaired) electrons. The molecule has 1 rings (SSSR count). The smallest absolute Gasteiger partial charge is 0.106 e. The third-order valence-corrected chi connectivity index (χ3v) is 4.10. The molecule has 0 spiro atoms. The number of benzene rings is 1. The molecule has 0 aromatic heterocycles. The number of hydrogen-bond acceptors (Lipinski definition) is 3. The molecule has 1 unspecified atom stereocenters. The first kappa shape index (κ1) is 17.5. The van der Waals surface area contributed by atoms with Gasteiger partial charge in [0.05, 0.1) is 6.07 Å². The Labute approximate surface area is 130 Å². The minimum atomic E-state index is -0.357. The molecule has 0 fully saturated rings. The van der Waals surface area contributed by atoms with Crippen molar-refractivity contribution in [3.05, 3.63) is 29.8 Å². The van der Waals surface area contributed by atoms with Gasteiger partial charge in [0.25, 0.3) is 0 Å². The van der Waals surface area contributed by atoms with Crippen molar-refractivity contribution < 1.29 is 0 Å². The lowest BCUT2D eigenvalue weighted by molar-refractivity contribution is 0.366. The van der Waals surface area contributed by atoms with Gasteiger partial charge in [-0.3, -0.25) is 5.32 Å². The van der Waals surface area contributed by atoms with Gasteiger partial charge in [-0.15, -0.1) is 0 Å². The lowest BCUT2D eigenvalue weighted by Crippen LogP contribution is -2.44. The molecule has 1 aromatic carbocycles. The van der Waals surface area contributed by atoms with E-state index in [1.165, 1.54) is 11.3 Å². The maximum Gasteiger partial charge on any atom is 0.106 e. The predicted octanol–water partition coefficient (Wildman–Crippen LogP) is 3.88. The van der Waals surface area contributed by atoms with Crippen LogP contribution in [0.25, 0.3) is 0 Å². The van der Waals surface area contributed by atoms with Crippen molar-refractivity contribution in [1.29, 1.82) is 5.26 Å². The number of rotatable bonds is 9. The summed E-state index contributed by atoms with van der Waals surface area (Å²) in [7, 11) is 2.12. The Morgan fingerprint density at radius 3 is 2.43 bits per heavy atom. The summed E-state index contributed by atoms with van der Waals surface area (Å²) in [6, 6.07) is 11.1. The Kier molecular flexibility index (Phi) is 7.25. The highest BCUT2D eigenvalue weighted by atomic mass is 15.1. The molecule has 0 saturated heterocycles. The Morgan fingerprint density at radius 2 is 1.90 bits per heavy atom. The molecular formula is C18H29N3. The van der Waals surface area contributed by atoms with E-state index in [1.54, 1.807) is 0 Å². The van der Waals surface area contributed by atoms with E-state index in [1.807, 2.05) is 0 Å². The molecule has 0 saturated carbocycles. The van der Waals surface area contributed by atoms with Gasteiger partial charge in [0, 0.05) is 19.3 Å². The normalized spacial score (nSPS) is 13.5. The summed E-state index contributed by atoms with van der Waals surface area (Å²) in [4.78, 5) is 2.26. The second-order valence-electron chi connectivity index (χ2n) is 5.83. The molecule has 0 aliphatic carbocycles. The first-order valence-corrected chi connectivity index (χ1v) is 8.01. The molecule has 21 heavy (non-hydrogen) atoms. The summed E-state index contributed by atoms with van der Waals surface area (Å²) in [6.07, 6.45) is 3.84. The molecule has 3 nitrogen and oxygen atoms in total. The van der Waals surface area contributed by atoms with Crippen LogP contribution in [0.2, 0.25) is 0 Å². The van der Waals surface area contributed by atoms with Crippen molar-refractivity contribution in [2.24, 2.45) is 0 Å². The van der Waals surface area contributed by atoms with Crippen LogP contribution in [0.4, 0.5) is 5.69 Å². The van der Waals surface area contributed by atoms with E-state index >= 15 is 0 Å². The quantitative estimate of drug-likeness (QED) is 0.749. The van der Waals surface area contributed by atoms with Crippen molar-refractivity contribution in [2.75, 3.05) is 25.0 Å². The highest BCUT2D eigenvalue weighted by molar-refractivity contribution is 5.46. The average Bonchev–Trinajstić information content (AvgIpc) is 2.51. The largest absolute Gasteiger partial charge is 0.375 e. The SMILES string of the molecule is CCCNC(C#N)(CC)CCCN(C)c1ccc(C)cc1. The van der Waals surface area contributed by atoms with E-state index < -0.39 is 0 Å². The molecule has 3 heteroatoms. The van der Waals surface area contributed by atoms with Crippen LogP contribution >= 0.6 is 0 Å². The number of anilines is 1. The van der Waals surface area contributed by atoms with Crippen LogP contribution in [-0.4, -0.2) is 25.7 Å². The number of nitrogens with one attached hydrogen (secondary N) is 1. The Hall–Kier alpha value is -1.53. The molecule has 116 valence electrons. The lowest BCUT2D eigenvalue weighted by atomic mass is 9.91. The first-order chi connectivity index (χ1) is 10.1. The second-order valence-corrected chi connectivity index (χ2v) is 5.83. The van der Waals surface area contributed by atoms with E-state index in [0.29, 0.717) is 0 Å². The topological polar surface area (TPSA) is 39.1 Å². The first-order valence-electron chi connectivity index (χ1n) is 8.01. The Morgan fingerprint density at radius 1 is 1.24 bits per heavy atom. The highest BCUT2D eigenvalue weighted by Gasteiger charge is 2.26. The van der Waals surface area contributed by atoms with Crippen molar-refractivity contribution in [3.8, 4) is 6.07 Å². The molecular weight excluding hydrogens is 258 g/mol. The summed E-state index contributed by atoms with van der Waals surface area (Å²) in [5, 5.41) is 12.9. The average molecular weight is 287 g/mol. The van der Waals surface area contributed by atoms with Gasteiger partial charge in [0.2, 0.25) is 0 Å². The van der Waals surface area contributed by atoms with Crippen LogP contribution < -0.4 is 10.2 Å². The van der Waals surface area contributed by atoms with E-state index in [2.05, 4.69) is 68.4 Å². The van der Waals surface area contributed by atoms with Crippen LogP contribution in [0.1, 0.15) is 45.1 Å². The van der Waals surface area contributed by atoms with Gasteiger partial charge in [0.15, 0.2) is 0 Å². The zero-order chi connectivity index (χ0) is 15.7. The molecule has 0 aliphatic heterocycles. The number of nitriles is 1. The standard InChI is InChI=1S/C18H29N3/c1-5-13-20-18(6-2,15-19)12-7-14-21(4)17-10-8-16(3)9-11-17/h8-11,20H,5-7,12-14H2,1-4H3. The maximum absolute atomic E-state index is 9.49. The van der Waals surface area contributed by atoms with Gasteiger partial charge in [-0.25, -0.2) is 0 Å². The number of hydrogen-bond donors (Lipinski definition) is 1. The summed E-state index contributed by atoms with van der Waals surface area (Å²) >= 11 is 0. The van der Waals surface area contributed by atoms with E-state index in [-0.39, 0.29) is 5.54 Å². The minimum Gasteiger partial charge on any atom is -0.375 e. The van der Waals surface area contributed by atoms with Gasteiger partial charge in [-0.05, 0) is 51.3 Å². The fourth-order valence-corrected chi connectivity index (χ4v) is 2.48. The van der Waals surface area contributed by atoms with Crippen LogP contribution in [0.15, 0.2) is 24.3 Å². The monoisotopic (exact) mass is 287 g/mol. The predicted molar refractivity (Wildman–Crippen MR) is 90.6 cm³/mol. The van der Waals surface area contributed by atoms with Crippen LogP contribution in [0.5, 0.6) is 0 Å². The van der Waals surface area contributed by atoms with Gasteiger partial charge in [-0.1, -0.05) is 31.5 Å². The molecule has 0 aliphatic rings. The Balaban J connectivity index is 2.50. The summed E-state index contributed by atoms with van der Waals surface area (Å²) in [5.74, 6) is 0. The molecule has 1 aromatic rings. The molecule has 1 atom stereocenters. The third-order valence-electron chi connectivity index (χ3n) is 4.10. The van der Waals surface area contributed by atoms with Crippen molar-refractivity contribution in [2.45, 2.75) is 52.0 Å². The second kappa shape index (κ2) is 8.69. The Bertz CT molecular complexity index is 447. The highest BCUT2D eigenvalue weighted by Crippen LogP contribution is 2.19. The van der Waals surface area contributed by atoms with Crippen LogP contribution in [-0.2, 0) is 0 Å². The number of nitrogens with zero attached hydrogens (tertiary/aromatic N) is 2. The summed E-state index contributed by atoms with van der Waals surface area (Å²) in [6.45, 7) is 8.22. The minimum absolute atomic E-state index is 0.357. The lowest BCUT2D eigenvalue weighted by Gasteiger charge is -2.28. The third kappa shape index (κ3) is 5.40. The van der Waals surface area contributed by atoms with E-state index in [0.717, 1.165) is 38.8 Å². The zero-order valence-corrected chi connectivity index (χ0v) is 13.9. The van der Waals surface area contributed by atoms with Crippen molar-refractivity contribution in [3.63, 3.8) is 0 Å². The fraction of sp³-hybridized carbons (Fsp3) is 0.611. The van der Waals surface area contributed by atoms with Gasteiger partial charge >= 0.3 is 0 Å². The van der Waals surface area contributed by atoms with Crippen LogP contribution in [0, 0.1) is 18.3 Å². The fourth-order valence-electron chi connectivity index (χ4n) is 2.48. The van der Waals surface area contributed by atoms with Gasteiger partial charge in [0.1, 0.15) is 5.54 Å². The number of aryl methyl sites for hydroxylation is 1. The van der Waals surface area contributed by atoms with E-state index in [4.69, 9.17) is 0 Å². The van der Waals surface area contributed by atoms with Gasteiger partial charge in [-0.2, -0.15) is 5.26 Å². The molecule has 0 bridgehead atoms. The van der Waals surface area contributed by atoms with Crippen molar-refractivity contribution >= 4 is 5.69 Å². The zero-order valence-electron chi connectivity index (χ0n) is 13.9. The molecule has 1 N–H and O–H groups in total. The molecule has 0 amide bonds.